The number of rotatable bonds is 8. The fourth-order valence-corrected chi connectivity index (χ4v) is 3.43. The lowest BCUT2D eigenvalue weighted by Crippen LogP contribution is -2.86. The molecule has 3 N–H and O–H groups in total. The number of hydrogen-bond donors (Lipinski definition) is 2. The number of nitrogens with one attached hydrogen (secondary N) is 1. The zero-order valence-electron chi connectivity index (χ0n) is 15.1. The first-order chi connectivity index (χ1) is 12.3. The van der Waals surface area contributed by atoms with Crippen LogP contribution in [-0.4, -0.2) is 17.3 Å². The van der Waals surface area contributed by atoms with E-state index in [-0.39, 0.29) is 11.8 Å². The molecular formula is C22H27N2O+. The molecule has 3 heteroatoms. The predicted molar refractivity (Wildman–Crippen MR) is 103 cm³/mol. The summed E-state index contributed by atoms with van der Waals surface area (Å²) in [7, 11) is 0. The summed E-state index contributed by atoms with van der Waals surface area (Å²) in [6.45, 7) is 5.28. The third-order valence-corrected chi connectivity index (χ3v) is 4.85. The first kappa shape index (κ1) is 17.4. The lowest BCUT2D eigenvalue weighted by molar-refractivity contribution is -0.681. The van der Waals surface area contributed by atoms with Crippen molar-refractivity contribution in [1.82, 2.24) is 4.98 Å². The van der Waals surface area contributed by atoms with Crippen molar-refractivity contribution in [3.8, 4) is 0 Å². The summed E-state index contributed by atoms with van der Waals surface area (Å²) in [5.41, 5.74) is 4.22. The number of carbonyl (C=O) groups excluding carboxylic acids is 1. The number of nitrogens with two attached hydrogens (primary N) is 1. The molecule has 0 radical (unpaired) electrons. The molecular weight excluding hydrogens is 308 g/mol. The summed E-state index contributed by atoms with van der Waals surface area (Å²) >= 11 is 0. The predicted octanol–water partition coefficient (Wildman–Crippen LogP) is 4.02. The van der Waals surface area contributed by atoms with Crippen LogP contribution in [0.15, 0.2) is 54.7 Å². The van der Waals surface area contributed by atoms with Gasteiger partial charge in [-0.25, -0.2) is 0 Å². The second kappa shape index (κ2) is 8.13. The van der Waals surface area contributed by atoms with Gasteiger partial charge in [0.2, 0.25) is 5.78 Å². The number of benzene rings is 2. The van der Waals surface area contributed by atoms with Gasteiger partial charge in [-0.15, -0.1) is 0 Å². The van der Waals surface area contributed by atoms with E-state index in [0.29, 0.717) is 0 Å². The minimum Gasteiger partial charge on any atom is -0.360 e. The summed E-state index contributed by atoms with van der Waals surface area (Å²) in [5.74, 6) is 0.182. The number of quaternary nitrogens is 1. The normalized spacial score (nSPS) is 12.4. The average molecular weight is 335 g/mol. The molecule has 0 amide bonds. The smallest absolute Gasteiger partial charge is 0.226 e. The van der Waals surface area contributed by atoms with E-state index in [9.17, 15) is 4.79 Å². The van der Waals surface area contributed by atoms with Crippen molar-refractivity contribution >= 4 is 16.7 Å². The summed E-state index contributed by atoms with van der Waals surface area (Å²) in [6, 6.07) is 16.1. The highest BCUT2D eigenvalue weighted by Gasteiger charge is 2.27. The van der Waals surface area contributed by atoms with E-state index in [1.807, 2.05) is 36.5 Å². The fourth-order valence-electron chi connectivity index (χ4n) is 3.43. The first-order valence-electron chi connectivity index (χ1n) is 9.27. The van der Waals surface area contributed by atoms with Crippen LogP contribution in [-0.2, 0) is 6.42 Å². The number of unbranched alkanes of at least 4 members (excludes halogenated alkanes) is 1. The van der Waals surface area contributed by atoms with E-state index in [1.54, 1.807) is 0 Å². The second-order valence-corrected chi connectivity index (χ2v) is 6.53. The second-order valence-electron chi connectivity index (χ2n) is 6.53. The SMILES string of the molecule is CCCC[NH2+][C@H](C(=O)c1c[nH]c2c(CC)cccc12)c1ccccc1. The van der Waals surface area contributed by atoms with E-state index in [4.69, 9.17) is 0 Å². The van der Waals surface area contributed by atoms with Crippen molar-refractivity contribution in [3.63, 3.8) is 0 Å². The Kier molecular flexibility index (Phi) is 5.67. The van der Waals surface area contributed by atoms with Crippen LogP contribution in [0.1, 0.15) is 54.2 Å². The molecule has 3 aromatic rings. The number of H-pyrrole nitrogens is 1. The Morgan fingerprint density at radius 3 is 2.60 bits per heavy atom. The monoisotopic (exact) mass is 335 g/mol. The molecule has 3 rings (SSSR count). The number of ketones is 1. The van der Waals surface area contributed by atoms with Crippen LogP contribution < -0.4 is 5.32 Å². The first-order valence-corrected chi connectivity index (χ1v) is 9.27. The molecule has 130 valence electrons. The number of aryl methyl sites for hydroxylation is 1. The molecule has 0 spiro atoms. The molecule has 1 atom stereocenters. The number of aromatic nitrogens is 1. The van der Waals surface area contributed by atoms with Crippen molar-refractivity contribution in [2.75, 3.05) is 6.54 Å². The van der Waals surface area contributed by atoms with Gasteiger partial charge < -0.3 is 10.3 Å². The van der Waals surface area contributed by atoms with Gasteiger partial charge in [0, 0.05) is 28.2 Å². The summed E-state index contributed by atoms with van der Waals surface area (Å²) < 4.78 is 0. The molecule has 1 aromatic heterocycles. The van der Waals surface area contributed by atoms with E-state index in [0.717, 1.165) is 47.8 Å². The Labute approximate surface area is 149 Å². The average Bonchev–Trinajstić information content (AvgIpc) is 3.09. The molecule has 1 heterocycles. The minimum atomic E-state index is -0.183. The van der Waals surface area contributed by atoms with Gasteiger partial charge in [0.1, 0.15) is 0 Å². The molecule has 25 heavy (non-hydrogen) atoms. The van der Waals surface area contributed by atoms with Gasteiger partial charge in [-0.1, -0.05) is 68.8 Å². The number of para-hydroxylation sites is 1. The summed E-state index contributed by atoms with van der Waals surface area (Å²) in [5, 5.41) is 3.22. The van der Waals surface area contributed by atoms with Crippen molar-refractivity contribution in [3.05, 3.63) is 71.4 Å². The molecule has 0 bridgehead atoms. The maximum atomic E-state index is 13.4. The maximum absolute atomic E-state index is 13.4. The zero-order chi connectivity index (χ0) is 17.6. The summed E-state index contributed by atoms with van der Waals surface area (Å²) in [4.78, 5) is 16.7. The minimum absolute atomic E-state index is 0.182. The molecule has 2 aromatic carbocycles. The Hall–Kier alpha value is -2.39. The number of Topliss-reactive ketones (excluding diaryl/α,β-unsaturated/α-hetero) is 1. The van der Waals surface area contributed by atoms with Crippen LogP contribution >= 0.6 is 0 Å². The van der Waals surface area contributed by atoms with Crippen LogP contribution in [0.5, 0.6) is 0 Å². The maximum Gasteiger partial charge on any atom is 0.226 e. The van der Waals surface area contributed by atoms with Gasteiger partial charge in [0.15, 0.2) is 6.04 Å². The topological polar surface area (TPSA) is 49.5 Å². The number of hydrogen-bond acceptors (Lipinski definition) is 1. The Bertz CT molecular complexity index is 836. The number of fused-ring (bicyclic) bond motifs is 1. The van der Waals surface area contributed by atoms with E-state index in [1.165, 1.54) is 5.56 Å². The molecule has 0 aliphatic rings. The van der Waals surface area contributed by atoms with E-state index >= 15 is 0 Å². The quantitative estimate of drug-likeness (QED) is 0.474. The van der Waals surface area contributed by atoms with Crippen molar-refractivity contribution < 1.29 is 10.1 Å². The number of carbonyl (C=O) groups is 1. The summed E-state index contributed by atoms with van der Waals surface area (Å²) in [6.07, 6.45) is 5.09. The van der Waals surface area contributed by atoms with Crippen LogP contribution in [0, 0.1) is 0 Å². The number of aromatic amines is 1. The molecule has 0 saturated heterocycles. The van der Waals surface area contributed by atoms with Gasteiger partial charge in [-0.05, 0) is 18.4 Å². The highest BCUT2D eigenvalue weighted by atomic mass is 16.1. The third-order valence-electron chi connectivity index (χ3n) is 4.85. The zero-order valence-corrected chi connectivity index (χ0v) is 15.1. The Balaban J connectivity index is 1.97. The van der Waals surface area contributed by atoms with Gasteiger partial charge >= 0.3 is 0 Å². The molecule has 0 aliphatic heterocycles. The van der Waals surface area contributed by atoms with Crippen LogP contribution in [0.25, 0.3) is 10.9 Å². The van der Waals surface area contributed by atoms with Gasteiger partial charge in [-0.3, -0.25) is 4.79 Å². The lowest BCUT2D eigenvalue weighted by atomic mass is 9.96. The highest BCUT2D eigenvalue weighted by molar-refractivity contribution is 6.10. The van der Waals surface area contributed by atoms with E-state index < -0.39 is 0 Å². The highest BCUT2D eigenvalue weighted by Crippen LogP contribution is 2.25. The van der Waals surface area contributed by atoms with Crippen LogP contribution in [0.3, 0.4) is 0 Å². The molecule has 0 saturated carbocycles. The van der Waals surface area contributed by atoms with E-state index in [2.05, 4.69) is 42.3 Å². The van der Waals surface area contributed by atoms with Crippen LogP contribution in [0.2, 0.25) is 0 Å². The third kappa shape index (κ3) is 3.67. The fraction of sp³-hybridized carbons (Fsp3) is 0.318. The van der Waals surface area contributed by atoms with Crippen molar-refractivity contribution in [2.45, 2.75) is 39.2 Å². The Morgan fingerprint density at radius 1 is 1.08 bits per heavy atom. The molecule has 0 aliphatic carbocycles. The molecule has 0 fully saturated rings. The Morgan fingerprint density at radius 2 is 1.88 bits per heavy atom. The molecule has 3 nitrogen and oxygen atoms in total. The van der Waals surface area contributed by atoms with Crippen molar-refractivity contribution in [2.24, 2.45) is 0 Å². The lowest BCUT2D eigenvalue weighted by Gasteiger charge is -2.14. The molecule has 0 unspecified atom stereocenters. The van der Waals surface area contributed by atoms with Gasteiger partial charge in [0.25, 0.3) is 0 Å². The van der Waals surface area contributed by atoms with Gasteiger partial charge in [-0.2, -0.15) is 0 Å². The van der Waals surface area contributed by atoms with Gasteiger partial charge in [0.05, 0.1) is 6.54 Å². The standard InChI is InChI=1S/C22H26N2O/c1-3-5-14-23-21(17-10-7-6-8-11-17)22(25)19-15-24-20-16(4-2)12-9-13-18(19)20/h6-13,15,21,23-24H,3-5,14H2,1-2H3/p+1/t21-/m0/s1. The van der Waals surface area contributed by atoms with Crippen LogP contribution in [0.4, 0.5) is 0 Å². The largest absolute Gasteiger partial charge is 0.360 e. The van der Waals surface area contributed by atoms with Crippen molar-refractivity contribution in [1.29, 1.82) is 0 Å².